The maximum Gasteiger partial charge on any atom is 0.286 e. The number of aliphatic hydroxyl groups is 1. The second-order valence-corrected chi connectivity index (χ2v) is 6.42. The molecule has 118 valence electrons. The van der Waals surface area contributed by atoms with Crippen LogP contribution in [0.3, 0.4) is 0 Å². The number of hydrogen-bond acceptors (Lipinski definition) is 4. The maximum atomic E-state index is 11.5. The average Bonchev–Trinajstić information content (AvgIpc) is 2.89. The van der Waals surface area contributed by atoms with E-state index >= 15 is 0 Å². The first-order chi connectivity index (χ1) is 9.92. The van der Waals surface area contributed by atoms with Gasteiger partial charge >= 0.3 is 0 Å². The summed E-state index contributed by atoms with van der Waals surface area (Å²) < 4.78 is 5.51. The molecule has 1 saturated carbocycles. The minimum absolute atomic E-state index is 0.219. The first-order valence-corrected chi connectivity index (χ1v) is 7.63. The lowest BCUT2D eigenvalue weighted by Crippen LogP contribution is -2.43. The van der Waals surface area contributed by atoms with E-state index in [2.05, 4.69) is 17.1 Å². The van der Waals surface area contributed by atoms with Crippen LogP contribution in [0.25, 0.3) is 0 Å². The van der Waals surface area contributed by atoms with Crippen molar-refractivity contribution in [2.75, 3.05) is 20.6 Å². The molecule has 1 aromatic heterocycles. The number of hydrogen-bond donors (Lipinski definition) is 2. The van der Waals surface area contributed by atoms with Gasteiger partial charge in [0.2, 0.25) is 0 Å². The molecule has 0 saturated heterocycles. The molecule has 0 unspecified atom stereocenters. The molecule has 1 amide bonds. The van der Waals surface area contributed by atoms with Gasteiger partial charge < -0.3 is 14.8 Å². The molecule has 0 spiro atoms. The highest BCUT2D eigenvalue weighted by Gasteiger charge is 2.32. The average molecular weight is 294 g/mol. The van der Waals surface area contributed by atoms with Gasteiger partial charge in [0.25, 0.3) is 5.91 Å². The van der Waals surface area contributed by atoms with Crippen molar-refractivity contribution in [2.45, 2.75) is 44.8 Å². The molecule has 21 heavy (non-hydrogen) atoms. The van der Waals surface area contributed by atoms with Crippen LogP contribution in [0.2, 0.25) is 0 Å². The van der Waals surface area contributed by atoms with E-state index in [0.717, 1.165) is 37.4 Å². The third-order valence-corrected chi connectivity index (χ3v) is 4.31. The van der Waals surface area contributed by atoms with Crippen LogP contribution in [0.15, 0.2) is 16.5 Å². The predicted molar refractivity (Wildman–Crippen MR) is 81.0 cm³/mol. The summed E-state index contributed by atoms with van der Waals surface area (Å²) in [6, 6.07) is 3.49. The Morgan fingerprint density at radius 2 is 2.14 bits per heavy atom. The molecule has 1 fully saturated rings. The molecule has 1 aliphatic rings. The lowest BCUT2D eigenvalue weighted by atomic mass is 9.79. The molecule has 2 rings (SSSR count). The quantitative estimate of drug-likeness (QED) is 0.872. The molecule has 0 radical (unpaired) electrons. The Kier molecular flexibility index (Phi) is 5.06. The minimum atomic E-state index is -0.586. The van der Waals surface area contributed by atoms with E-state index in [0.29, 0.717) is 18.8 Å². The molecular weight excluding hydrogens is 268 g/mol. The molecule has 0 aliphatic heterocycles. The zero-order chi connectivity index (χ0) is 15.5. The smallest absolute Gasteiger partial charge is 0.286 e. The number of nitrogens with zero attached hydrogens (tertiary/aromatic N) is 1. The Bertz CT molecular complexity index is 476. The van der Waals surface area contributed by atoms with Crippen molar-refractivity contribution in [1.82, 2.24) is 10.2 Å². The van der Waals surface area contributed by atoms with Crippen LogP contribution in [0.4, 0.5) is 0 Å². The summed E-state index contributed by atoms with van der Waals surface area (Å²) >= 11 is 0. The molecule has 1 aliphatic carbocycles. The van der Waals surface area contributed by atoms with Gasteiger partial charge in [0.1, 0.15) is 5.76 Å². The monoisotopic (exact) mass is 294 g/mol. The minimum Gasteiger partial charge on any atom is -0.455 e. The normalized spacial score (nSPS) is 26.0. The summed E-state index contributed by atoms with van der Waals surface area (Å²) in [7, 11) is 3.55. The number of likely N-dealkylation sites (N-methyl/N-ethyl adjacent to an activating group) is 1. The largest absolute Gasteiger partial charge is 0.455 e. The van der Waals surface area contributed by atoms with Gasteiger partial charge in [0, 0.05) is 13.6 Å². The number of carbonyl (C=O) groups excluding carboxylic acids is 1. The van der Waals surface area contributed by atoms with Gasteiger partial charge in [0.15, 0.2) is 5.76 Å². The summed E-state index contributed by atoms with van der Waals surface area (Å²) in [6.45, 7) is 3.47. The Morgan fingerprint density at radius 1 is 1.48 bits per heavy atom. The topological polar surface area (TPSA) is 65.7 Å². The van der Waals surface area contributed by atoms with Crippen LogP contribution in [0.1, 0.15) is 48.9 Å². The van der Waals surface area contributed by atoms with Crippen molar-refractivity contribution in [3.63, 3.8) is 0 Å². The van der Waals surface area contributed by atoms with Gasteiger partial charge in [-0.25, -0.2) is 0 Å². The summed E-state index contributed by atoms with van der Waals surface area (Å²) in [5, 5.41) is 13.2. The van der Waals surface area contributed by atoms with E-state index in [9.17, 15) is 9.90 Å². The predicted octanol–water partition coefficient (Wildman–Crippen LogP) is 2.01. The summed E-state index contributed by atoms with van der Waals surface area (Å²) in [6.07, 6.45) is 3.90. The Hall–Kier alpha value is -1.33. The number of rotatable bonds is 5. The Balaban J connectivity index is 1.88. The second kappa shape index (κ2) is 6.62. The van der Waals surface area contributed by atoms with Crippen LogP contribution < -0.4 is 5.32 Å². The van der Waals surface area contributed by atoms with Gasteiger partial charge in [0.05, 0.1) is 12.1 Å². The van der Waals surface area contributed by atoms with Crippen LogP contribution in [0.5, 0.6) is 0 Å². The molecule has 5 nitrogen and oxygen atoms in total. The summed E-state index contributed by atoms with van der Waals surface area (Å²) in [4.78, 5) is 13.5. The van der Waals surface area contributed by atoms with Crippen molar-refractivity contribution in [3.8, 4) is 0 Å². The molecule has 5 heteroatoms. The highest BCUT2D eigenvalue weighted by Crippen LogP contribution is 2.32. The maximum absolute atomic E-state index is 11.5. The molecule has 0 aromatic carbocycles. The van der Waals surface area contributed by atoms with Gasteiger partial charge in [-0.1, -0.05) is 6.92 Å². The molecule has 0 atom stereocenters. The summed E-state index contributed by atoms with van der Waals surface area (Å²) in [5.41, 5.74) is -0.586. The fourth-order valence-electron chi connectivity index (χ4n) is 2.99. The fourth-order valence-corrected chi connectivity index (χ4v) is 2.99. The van der Waals surface area contributed by atoms with Crippen LogP contribution in [-0.2, 0) is 6.54 Å². The van der Waals surface area contributed by atoms with Crippen molar-refractivity contribution in [2.24, 2.45) is 5.92 Å². The Morgan fingerprint density at radius 3 is 2.76 bits per heavy atom. The number of amides is 1. The second-order valence-electron chi connectivity index (χ2n) is 6.42. The van der Waals surface area contributed by atoms with Crippen molar-refractivity contribution >= 4 is 5.91 Å². The first kappa shape index (κ1) is 16.0. The SMILES string of the molecule is CNC(=O)c1ccc(CN(C)CC2(O)CCC(C)CC2)o1. The Labute approximate surface area is 126 Å². The van der Waals surface area contributed by atoms with Gasteiger partial charge in [-0.05, 0) is 50.8 Å². The van der Waals surface area contributed by atoms with E-state index in [1.807, 2.05) is 13.1 Å². The number of furan rings is 1. The molecule has 1 heterocycles. The van der Waals surface area contributed by atoms with Crippen LogP contribution >= 0.6 is 0 Å². The zero-order valence-electron chi connectivity index (χ0n) is 13.2. The fraction of sp³-hybridized carbons (Fsp3) is 0.688. The van der Waals surface area contributed by atoms with Crippen LogP contribution in [-0.4, -0.2) is 42.2 Å². The van der Waals surface area contributed by atoms with E-state index in [1.165, 1.54) is 0 Å². The van der Waals surface area contributed by atoms with Gasteiger partial charge in [-0.3, -0.25) is 9.69 Å². The molecular formula is C16H26N2O3. The lowest BCUT2D eigenvalue weighted by molar-refractivity contribution is -0.0324. The third kappa shape index (κ3) is 4.32. The van der Waals surface area contributed by atoms with Crippen molar-refractivity contribution < 1.29 is 14.3 Å². The standard InChI is InChI=1S/C16H26N2O3/c1-12-6-8-16(20,9-7-12)11-18(3)10-13-4-5-14(21-13)15(19)17-2/h4-5,12,20H,6-11H2,1-3H3,(H,17,19). The third-order valence-electron chi connectivity index (χ3n) is 4.31. The first-order valence-electron chi connectivity index (χ1n) is 7.63. The van der Waals surface area contributed by atoms with E-state index < -0.39 is 5.60 Å². The number of carbonyl (C=O) groups is 1. The summed E-state index contributed by atoms with van der Waals surface area (Å²) in [5.74, 6) is 1.56. The van der Waals surface area contributed by atoms with E-state index in [4.69, 9.17) is 4.42 Å². The van der Waals surface area contributed by atoms with Gasteiger partial charge in [-0.15, -0.1) is 0 Å². The van der Waals surface area contributed by atoms with Crippen molar-refractivity contribution in [3.05, 3.63) is 23.7 Å². The highest BCUT2D eigenvalue weighted by atomic mass is 16.4. The molecule has 1 aromatic rings. The number of nitrogens with one attached hydrogen (secondary N) is 1. The zero-order valence-corrected chi connectivity index (χ0v) is 13.2. The highest BCUT2D eigenvalue weighted by molar-refractivity contribution is 5.91. The van der Waals surface area contributed by atoms with E-state index in [-0.39, 0.29) is 5.91 Å². The van der Waals surface area contributed by atoms with Crippen molar-refractivity contribution in [1.29, 1.82) is 0 Å². The van der Waals surface area contributed by atoms with Gasteiger partial charge in [-0.2, -0.15) is 0 Å². The lowest BCUT2D eigenvalue weighted by Gasteiger charge is -2.37. The van der Waals surface area contributed by atoms with E-state index in [1.54, 1.807) is 13.1 Å². The molecule has 0 bridgehead atoms. The molecule has 2 N–H and O–H groups in total. The van der Waals surface area contributed by atoms with Crippen LogP contribution in [0, 0.1) is 5.92 Å².